The van der Waals surface area contributed by atoms with E-state index in [1.807, 2.05) is 13.0 Å². The van der Waals surface area contributed by atoms with Gasteiger partial charge >= 0.3 is 12.1 Å². The smallest absolute Gasteiger partial charge is 0.414 e. The van der Waals surface area contributed by atoms with Crippen molar-refractivity contribution >= 4 is 23.8 Å². The zero-order valence-electron chi connectivity index (χ0n) is 24.0. The Balaban J connectivity index is 2.20. The number of phenols is 1. The summed E-state index contributed by atoms with van der Waals surface area (Å²) in [7, 11) is 1.52. The minimum absolute atomic E-state index is 0.0433. The lowest BCUT2D eigenvalue weighted by Crippen LogP contribution is -2.34. The zero-order valence-corrected chi connectivity index (χ0v) is 24.0. The molecule has 0 spiro atoms. The van der Waals surface area contributed by atoms with E-state index < -0.39 is 35.5 Å². The predicted octanol–water partition coefficient (Wildman–Crippen LogP) is 6.76. The van der Waals surface area contributed by atoms with Crippen LogP contribution >= 0.6 is 0 Å². The van der Waals surface area contributed by atoms with Gasteiger partial charge in [0.1, 0.15) is 23.0 Å². The van der Waals surface area contributed by atoms with Gasteiger partial charge in [-0.3, -0.25) is 4.90 Å². The summed E-state index contributed by atoms with van der Waals surface area (Å²) >= 11 is 0. The molecule has 0 aromatic heterocycles. The lowest BCUT2D eigenvalue weighted by Gasteiger charge is -2.25. The van der Waals surface area contributed by atoms with E-state index in [-0.39, 0.29) is 29.7 Å². The second-order valence-corrected chi connectivity index (χ2v) is 11.0. The van der Waals surface area contributed by atoms with E-state index in [0.29, 0.717) is 24.3 Å². The van der Waals surface area contributed by atoms with Crippen molar-refractivity contribution in [1.82, 2.24) is 0 Å². The molecular formula is C29H42FNO7. The predicted molar refractivity (Wildman–Crippen MR) is 145 cm³/mol. The Bertz CT molecular complexity index is 1060. The zero-order chi connectivity index (χ0) is 28.8. The van der Waals surface area contributed by atoms with Crippen molar-refractivity contribution in [3.05, 3.63) is 41.2 Å². The maximum absolute atomic E-state index is 14.6. The van der Waals surface area contributed by atoms with Crippen molar-refractivity contribution in [2.45, 2.75) is 91.8 Å². The fourth-order valence-electron chi connectivity index (χ4n) is 3.77. The van der Waals surface area contributed by atoms with Gasteiger partial charge in [-0.25, -0.2) is 14.0 Å². The highest BCUT2D eigenvalue weighted by Crippen LogP contribution is 2.32. The molecule has 2 unspecified atom stereocenters. The molecule has 212 valence electrons. The molecule has 1 amide bonds. The van der Waals surface area contributed by atoms with Crippen LogP contribution in [-0.4, -0.2) is 54.4 Å². The first-order valence-corrected chi connectivity index (χ1v) is 12.9. The lowest BCUT2D eigenvalue weighted by atomic mass is 10.0. The van der Waals surface area contributed by atoms with E-state index in [2.05, 4.69) is 0 Å². The third-order valence-corrected chi connectivity index (χ3v) is 5.89. The number of carbonyl (C=O) groups excluding carboxylic acids is 2. The van der Waals surface area contributed by atoms with Crippen LogP contribution in [0.5, 0.6) is 5.75 Å². The highest BCUT2D eigenvalue weighted by molar-refractivity contribution is 5.99. The van der Waals surface area contributed by atoms with E-state index in [9.17, 15) is 19.1 Å². The average molecular weight is 536 g/mol. The van der Waals surface area contributed by atoms with Crippen LogP contribution in [0.1, 0.15) is 84.2 Å². The van der Waals surface area contributed by atoms with Crippen LogP contribution in [0.25, 0.3) is 6.08 Å². The monoisotopic (exact) mass is 535 g/mol. The average Bonchev–Trinajstić information content (AvgIpc) is 3.12. The summed E-state index contributed by atoms with van der Waals surface area (Å²) in [6.45, 7) is 14.5. The molecule has 1 N–H and O–H groups in total. The van der Waals surface area contributed by atoms with E-state index >= 15 is 0 Å². The van der Waals surface area contributed by atoms with Crippen molar-refractivity contribution < 1.29 is 38.0 Å². The number of allylic oxidation sites excluding steroid dienone is 1. The Kier molecular flexibility index (Phi) is 10.5. The highest BCUT2D eigenvalue weighted by atomic mass is 19.1. The van der Waals surface area contributed by atoms with Crippen molar-refractivity contribution in [3.63, 3.8) is 0 Å². The van der Waals surface area contributed by atoms with Crippen LogP contribution in [0.3, 0.4) is 0 Å². The molecule has 1 saturated heterocycles. The Morgan fingerprint density at radius 2 is 1.95 bits per heavy atom. The molecule has 1 aliphatic heterocycles. The highest BCUT2D eigenvalue weighted by Gasteiger charge is 2.33. The molecule has 0 aliphatic carbocycles. The first-order valence-electron chi connectivity index (χ1n) is 12.9. The van der Waals surface area contributed by atoms with Crippen molar-refractivity contribution in [1.29, 1.82) is 0 Å². The minimum atomic E-state index is -0.757. The van der Waals surface area contributed by atoms with Crippen LogP contribution in [0.2, 0.25) is 0 Å². The largest absolute Gasteiger partial charge is 0.507 e. The number of benzene rings is 1. The Morgan fingerprint density at radius 3 is 2.50 bits per heavy atom. The standard InChI is InChI=1S/C29H42FNO7/c1-10-11-12-20-14-22(31(9)27(34)38-28(4,5)6)16-24(32)25(20)26(33)36-19(3)18(2)13-21(30)15-23-17-35-29(7,8)37-23/h11-14,16,18-19,23,32H,10,15,17H2,1-9H3/b12-11+,21-13+/t18-,19?,23?/m1/s1. The number of halogens is 1. The number of carbonyl (C=O) groups is 2. The molecule has 9 heteroatoms. The van der Waals surface area contributed by atoms with Gasteiger partial charge in [-0.15, -0.1) is 0 Å². The molecule has 3 atom stereocenters. The third kappa shape index (κ3) is 9.13. The van der Waals surface area contributed by atoms with E-state index in [1.54, 1.807) is 60.6 Å². The van der Waals surface area contributed by atoms with Crippen LogP contribution in [0.4, 0.5) is 14.9 Å². The molecule has 0 radical (unpaired) electrons. The van der Waals surface area contributed by atoms with E-state index in [4.69, 9.17) is 18.9 Å². The molecule has 1 heterocycles. The van der Waals surface area contributed by atoms with E-state index in [1.165, 1.54) is 24.1 Å². The van der Waals surface area contributed by atoms with Gasteiger partial charge in [0, 0.05) is 25.5 Å². The maximum Gasteiger partial charge on any atom is 0.414 e. The Labute approximate surface area is 225 Å². The van der Waals surface area contributed by atoms with Crippen LogP contribution in [-0.2, 0) is 18.9 Å². The summed E-state index contributed by atoms with van der Waals surface area (Å²) < 4.78 is 36.8. The Hall–Kier alpha value is -2.91. The van der Waals surface area contributed by atoms with Crippen molar-refractivity contribution in [2.75, 3.05) is 18.6 Å². The van der Waals surface area contributed by atoms with Gasteiger partial charge in [0.2, 0.25) is 0 Å². The number of amides is 1. The van der Waals surface area contributed by atoms with Gasteiger partial charge in [0.05, 0.1) is 24.2 Å². The first kappa shape index (κ1) is 31.3. The van der Waals surface area contributed by atoms with Gasteiger partial charge in [-0.05, 0) is 65.7 Å². The summed E-state index contributed by atoms with van der Waals surface area (Å²) in [5.41, 5.74) is -0.0167. The molecule has 1 aliphatic rings. The molecule has 2 rings (SSSR count). The summed E-state index contributed by atoms with van der Waals surface area (Å²) in [5, 5.41) is 10.8. The van der Waals surface area contributed by atoms with Crippen LogP contribution < -0.4 is 4.90 Å². The van der Waals surface area contributed by atoms with Crippen LogP contribution in [0.15, 0.2) is 30.1 Å². The Morgan fingerprint density at radius 1 is 1.29 bits per heavy atom. The van der Waals surface area contributed by atoms with Crippen molar-refractivity contribution in [2.24, 2.45) is 5.92 Å². The minimum Gasteiger partial charge on any atom is -0.507 e. The number of hydrogen-bond donors (Lipinski definition) is 1. The SMILES string of the molecule is CC/C=C/c1cc(N(C)C(=O)OC(C)(C)C)cc(O)c1C(=O)OC(C)[C@H](C)/C=C(/F)CC1COC(C)(C)O1. The molecule has 1 fully saturated rings. The molecule has 1 aromatic rings. The first-order chi connectivity index (χ1) is 17.5. The number of anilines is 1. The summed E-state index contributed by atoms with van der Waals surface area (Å²) in [6.07, 6.45) is 3.99. The summed E-state index contributed by atoms with van der Waals surface area (Å²) in [4.78, 5) is 26.9. The molecule has 0 saturated carbocycles. The number of phenolic OH excluding ortho intramolecular Hbond substituents is 1. The fourth-order valence-corrected chi connectivity index (χ4v) is 3.77. The molecule has 1 aromatic carbocycles. The fraction of sp³-hybridized carbons (Fsp3) is 0.586. The van der Waals surface area contributed by atoms with Gasteiger partial charge < -0.3 is 24.1 Å². The lowest BCUT2D eigenvalue weighted by molar-refractivity contribution is -0.138. The quantitative estimate of drug-likeness (QED) is 0.349. The number of nitrogens with zero attached hydrogens (tertiary/aromatic N) is 1. The normalized spacial score (nSPS) is 19.3. The topological polar surface area (TPSA) is 94.5 Å². The number of esters is 1. The maximum atomic E-state index is 14.6. The number of aromatic hydroxyl groups is 1. The second kappa shape index (κ2) is 12.8. The summed E-state index contributed by atoms with van der Waals surface area (Å²) in [5.74, 6) is -2.66. The van der Waals surface area contributed by atoms with Gasteiger partial charge in [-0.1, -0.05) is 26.0 Å². The van der Waals surface area contributed by atoms with Gasteiger partial charge in [0.25, 0.3) is 0 Å². The number of hydrogen-bond acceptors (Lipinski definition) is 7. The van der Waals surface area contributed by atoms with E-state index in [0.717, 1.165) is 0 Å². The number of ether oxygens (including phenoxy) is 4. The second-order valence-electron chi connectivity index (χ2n) is 11.0. The number of rotatable bonds is 9. The van der Waals surface area contributed by atoms with Crippen molar-refractivity contribution in [3.8, 4) is 5.75 Å². The molecule has 0 bridgehead atoms. The van der Waals surface area contributed by atoms with Gasteiger partial charge in [-0.2, -0.15) is 0 Å². The summed E-state index contributed by atoms with van der Waals surface area (Å²) in [6, 6.07) is 2.91. The van der Waals surface area contributed by atoms with Gasteiger partial charge in [0.15, 0.2) is 5.79 Å². The third-order valence-electron chi connectivity index (χ3n) is 5.89. The molecular weight excluding hydrogens is 493 g/mol. The molecule has 38 heavy (non-hydrogen) atoms. The molecule has 8 nitrogen and oxygen atoms in total. The van der Waals surface area contributed by atoms with Crippen LogP contribution in [0, 0.1) is 5.92 Å².